The van der Waals surface area contributed by atoms with Crippen LogP contribution >= 0.6 is 0 Å². The maximum Gasteiger partial charge on any atom is 0.149 e. The van der Waals surface area contributed by atoms with E-state index in [9.17, 15) is 9.90 Å². The number of benzene rings is 2. The topological polar surface area (TPSA) is 55.8 Å². The van der Waals surface area contributed by atoms with Crippen molar-refractivity contribution in [1.82, 2.24) is 0 Å². The monoisotopic (exact) mass is 310 g/mol. The van der Waals surface area contributed by atoms with E-state index in [1.54, 1.807) is 25.1 Å². The number of carbonyl (C=O) groups excluding carboxylic acids is 1. The Morgan fingerprint density at radius 2 is 1.87 bits per heavy atom. The molecule has 0 saturated carbocycles. The predicted molar refractivity (Wildman–Crippen MR) is 89.4 cm³/mol. The van der Waals surface area contributed by atoms with E-state index in [1.165, 1.54) is 0 Å². The number of carbonyl (C=O) groups is 1. The number of aldehydes is 1. The van der Waals surface area contributed by atoms with Gasteiger partial charge in [0.05, 0.1) is 13.2 Å². The summed E-state index contributed by atoms with van der Waals surface area (Å²) in [5.41, 5.74) is 0.497. The third-order valence-electron chi connectivity index (χ3n) is 3.29. The van der Waals surface area contributed by atoms with Gasteiger partial charge in [-0.25, -0.2) is 0 Å². The highest BCUT2D eigenvalue weighted by molar-refractivity contribution is 6.37. The number of hydrogen-bond acceptors (Lipinski definition) is 4. The van der Waals surface area contributed by atoms with Crippen LogP contribution < -0.4 is 10.2 Å². The van der Waals surface area contributed by atoms with Gasteiger partial charge >= 0.3 is 0 Å². The first-order valence-corrected chi connectivity index (χ1v) is 7.32. The molecule has 2 radical (unpaired) electrons. The Morgan fingerprint density at radius 3 is 2.57 bits per heavy atom. The van der Waals surface area contributed by atoms with Crippen LogP contribution in [0.25, 0.3) is 0 Å². The fourth-order valence-electron chi connectivity index (χ4n) is 2.03. The molecule has 0 saturated heterocycles. The Hall–Kier alpha value is -2.11. The van der Waals surface area contributed by atoms with Gasteiger partial charge in [-0.3, -0.25) is 4.79 Å². The highest BCUT2D eigenvalue weighted by Crippen LogP contribution is 2.13. The zero-order valence-electron chi connectivity index (χ0n) is 13.1. The molecule has 0 spiro atoms. The maximum absolute atomic E-state index is 10.9. The molecule has 1 N–H and O–H groups in total. The third kappa shape index (κ3) is 5.23. The van der Waals surface area contributed by atoms with Crippen molar-refractivity contribution in [2.75, 3.05) is 13.2 Å². The molecule has 0 aliphatic carbocycles. The van der Waals surface area contributed by atoms with Crippen molar-refractivity contribution in [1.29, 1.82) is 0 Å². The Bertz CT molecular complexity index is 641. The van der Waals surface area contributed by atoms with Gasteiger partial charge in [0.15, 0.2) is 0 Å². The first-order chi connectivity index (χ1) is 11.0. The summed E-state index contributed by atoms with van der Waals surface area (Å²) in [6.07, 6.45) is 0.670. The second kappa shape index (κ2) is 7.95. The molecule has 2 aromatic rings. The van der Waals surface area contributed by atoms with Crippen molar-refractivity contribution in [3.63, 3.8) is 0 Å². The van der Waals surface area contributed by atoms with Gasteiger partial charge in [-0.15, -0.1) is 0 Å². The summed E-state index contributed by atoms with van der Waals surface area (Å²) >= 11 is 0. The minimum atomic E-state index is -1.17. The summed E-state index contributed by atoms with van der Waals surface area (Å²) < 4.78 is 11.1. The molecule has 1 unspecified atom stereocenters. The second-order valence-electron chi connectivity index (χ2n) is 5.64. The van der Waals surface area contributed by atoms with Crippen molar-refractivity contribution < 1.29 is 19.4 Å². The van der Waals surface area contributed by atoms with Crippen molar-refractivity contribution in [3.05, 3.63) is 59.7 Å². The molecule has 0 fully saturated rings. The summed E-state index contributed by atoms with van der Waals surface area (Å²) in [7, 11) is 5.83. The van der Waals surface area contributed by atoms with Crippen molar-refractivity contribution >= 4 is 19.6 Å². The minimum absolute atomic E-state index is 0.00823. The van der Waals surface area contributed by atoms with Crippen molar-refractivity contribution in [2.24, 2.45) is 0 Å². The minimum Gasteiger partial charge on any atom is -0.491 e. The highest BCUT2D eigenvalue weighted by Gasteiger charge is 2.22. The molecule has 118 valence electrons. The lowest BCUT2D eigenvalue weighted by Gasteiger charge is -2.24. The first kappa shape index (κ1) is 17.3. The van der Waals surface area contributed by atoms with Crippen LogP contribution in [0.3, 0.4) is 0 Å². The highest BCUT2D eigenvalue weighted by atomic mass is 16.5. The molecule has 0 amide bonds. The summed E-state index contributed by atoms with van der Waals surface area (Å²) in [5, 5.41) is 10.3. The van der Waals surface area contributed by atoms with Gasteiger partial charge in [-0.1, -0.05) is 42.5 Å². The normalized spacial score (nSPS) is 13.3. The fourth-order valence-corrected chi connectivity index (χ4v) is 2.03. The van der Waals surface area contributed by atoms with Gasteiger partial charge in [-0.2, -0.15) is 0 Å². The first-order valence-electron chi connectivity index (χ1n) is 7.32. The fraction of sp³-hybridized carbons (Fsp3) is 0.278. The molecule has 5 heteroatoms. The number of aliphatic hydroxyl groups is 1. The average Bonchev–Trinajstić information content (AvgIpc) is 2.55. The Balaban J connectivity index is 1.85. The van der Waals surface area contributed by atoms with E-state index in [2.05, 4.69) is 0 Å². The summed E-state index contributed by atoms with van der Waals surface area (Å²) in [6.45, 7) is 2.17. The quantitative estimate of drug-likeness (QED) is 0.595. The molecule has 0 aromatic heterocycles. The number of hydrogen-bond donors (Lipinski definition) is 1. The number of ether oxygens (including phenoxy) is 2. The van der Waals surface area contributed by atoms with Gasteiger partial charge in [0.2, 0.25) is 0 Å². The Morgan fingerprint density at radius 1 is 1.13 bits per heavy atom. The smallest absolute Gasteiger partial charge is 0.149 e. The van der Waals surface area contributed by atoms with Gasteiger partial charge in [-0.05, 0) is 24.0 Å². The second-order valence-corrected chi connectivity index (χ2v) is 5.64. The van der Waals surface area contributed by atoms with Crippen molar-refractivity contribution in [2.45, 2.75) is 19.1 Å². The van der Waals surface area contributed by atoms with Gasteiger partial charge < -0.3 is 14.6 Å². The zero-order valence-corrected chi connectivity index (χ0v) is 13.1. The van der Waals surface area contributed by atoms with E-state index in [-0.39, 0.29) is 18.7 Å². The van der Waals surface area contributed by atoms with Crippen LogP contribution in [-0.2, 0) is 11.3 Å². The largest absolute Gasteiger partial charge is 0.491 e. The predicted octanol–water partition coefficient (Wildman–Crippen LogP) is 1.64. The lowest BCUT2D eigenvalue weighted by atomic mass is 9.90. The van der Waals surface area contributed by atoms with Crippen LogP contribution in [-0.4, -0.2) is 38.1 Å². The van der Waals surface area contributed by atoms with Crippen molar-refractivity contribution in [3.8, 4) is 5.75 Å². The average molecular weight is 310 g/mol. The molecule has 4 nitrogen and oxygen atoms in total. The van der Waals surface area contributed by atoms with E-state index in [4.69, 9.17) is 17.3 Å². The molecule has 0 bridgehead atoms. The summed E-state index contributed by atoms with van der Waals surface area (Å²) in [6, 6.07) is 14.7. The number of rotatable bonds is 8. The van der Waals surface area contributed by atoms with Crippen LogP contribution in [0, 0.1) is 0 Å². The molecule has 1 atom stereocenters. The Labute approximate surface area is 137 Å². The lowest BCUT2D eigenvalue weighted by molar-refractivity contribution is -0.0635. The maximum atomic E-state index is 10.9. The molecule has 0 aliphatic rings. The van der Waals surface area contributed by atoms with E-state index < -0.39 is 5.60 Å². The molecule has 23 heavy (non-hydrogen) atoms. The molecule has 0 aliphatic heterocycles. The molecular weight excluding hydrogens is 291 g/mol. The van der Waals surface area contributed by atoms with E-state index in [0.29, 0.717) is 24.2 Å². The van der Waals surface area contributed by atoms with E-state index in [1.807, 2.05) is 30.3 Å². The SMILES string of the molecule is [B]c1c(C=O)cccc1OCC(C)(O)COCc1ccccc1. The van der Waals surface area contributed by atoms with Gasteiger partial charge in [0, 0.05) is 5.56 Å². The summed E-state index contributed by atoms with van der Waals surface area (Å²) in [5.74, 6) is 0.373. The van der Waals surface area contributed by atoms with Crippen LogP contribution in [0.4, 0.5) is 0 Å². The van der Waals surface area contributed by atoms with Crippen LogP contribution in [0.2, 0.25) is 0 Å². The van der Waals surface area contributed by atoms with E-state index >= 15 is 0 Å². The standard InChI is InChI=1S/C18H19BO4/c1-18(21,12-22-11-14-6-3-2-4-7-14)13-23-16-9-5-8-15(10-20)17(16)19/h2-10,21H,11-13H2,1H3. The van der Waals surface area contributed by atoms with Crippen LogP contribution in [0.5, 0.6) is 5.75 Å². The van der Waals surface area contributed by atoms with Crippen LogP contribution in [0.1, 0.15) is 22.8 Å². The van der Waals surface area contributed by atoms with Gasteiger partial charge in [0.25, 0.3) is 0 Å². The zero-order chi connectivity index (χ0) is 16.7. The van der Waals surface area contributed by atoms with Crippen LogP contribution in [0.15, 0.2) is 48.5 Å². The lowest BCUT2D eigenvalue weighted by Crippen LogP contribution is -2.38. The summed E-state index contributed by atoms with van der Waals surface area (Å²) in [4.78, 5) is 10.9. The Kier molecular flexibility index (Phi) is 5.96. The molecule has 2 rings (SSSR count). The van der Waals surface area contributed by atoms with E-state index in [0.717, 1.165) is 5.56 Å². The third-order valence-corrected chi connectivity index (χ3v) is 3.29. The van der Waals surface area contributed by atoms with Gasteiger partial charge in [0.1, 0.15) is 32.1 Å². The molecule has 0 heterocycles. The molecular formula is C18H19BO4. The molecule has 2 aromatic carbocycles.